The van der Waals surface area contributed by atoms with E-state index in [2.05, 4.69) is 31.9 Å². The predicted molar refractivity (Wildman–Crippen MR) is 78.6 cm³/mol. The van der Waals surface area contributed by atoms with Crippen molar-refractivity contribution in [1.29, 1.82) is 0 Å². The van der Waals surface area contributed by atoms with E-state index in [1.54, 1.807) is 24.3 Å². The van der Waals surface area contributed by atoms with Gasteiger partial charge in [-0.2, -0.15) is 0 Å². The Morgan fingerprint density at radius 2 is 2.00 bits per heavy atom. The monoisotopic (exact) mass is 396 g/mol. The molecular formula is C12H8Br2ClFS. The van der Waals surface area contributed by atoms with Crippen LogP contribution in [0, 0.1) is 12.7 Å². The summed E-state index contributed by atoms with van der Waals surface area (Å²) in [6.45, 7) is 1.74. The molecule has 1 atom stereocenters. The zero-order valence-corrected chi connectivity index (χ0v) is 13.6. The highest BCUT2D eigenvalue weighted by molar-refractivity contribution is 9.12. The largest absolute Gasteiger partial charge is 0.207 e. The molecule has 0 bridgehead atoms. The minimum atomic E-state index is -0.345. The molecule has 1 aromatic heterocycles. The highest BCUT2D eigenvalue weighted by Gasteiger charge is 2.17. The summed E-state index contributed by atoms with van der Waals surface area (Å²) in [6, 6.07) is 7.04. The Kier molecular flexibility index (Phi) is 4.29. The third kappa shape index (κ3) is 2.92. The van der Waals surface area contributed by atoms with Crippen molar-refractivity contribution in [2.45, 2.75) is 12.3 Å². The van der Waals surface area contributed by atoms with Gasteiger partial charge in [0.25, 0.3) is 0 Å². The Bertz CT molecular complexity index is 553. The average molecular weight is 399 g/mol. The van der Waals surface area contributed by atoms with Crippen LogP contribution in [0.3, 0.4) is 0 Å². The zero-order valence-electron chi connectivity index (χ0n) is 8.81. The molecular weight excluding hydrogens is 390 g/mol. The molecule has 0 aliphatic heterocycles. The lowest BCUT2D eigenvalue weighted by Crippen LogP contribution is -1.94. The van der Waals surface area contributed by atoms with Crippen LogP contribution in [0.1, 0.15) is 22.1 Å². The van der Waals surface area contributed by atoms with E-state index in [0.29, 0.717) is 5.56 Å². The van der Waals surface area contributed by atoms with Crippen LogP contribution in [0.25, 0.3) is 0 Å². The van der Waals surface area contributed by atoms with Crippen molar-refractivity contribution in [3.63, 3.8) is 0 Å². The fourth-order valence-corrected chi connectivity index (χ4v) is 4.88. The summed E-state index contributed by atoms with van der Waals surface area (Å²) in [5, 5.41) is -0.345. The van der Waals surface area contributed by atoms with Crippen LogP contribution < -0.4 is 0 Å². The fraction of sp³-hybridized carbons (Fsp3) is 0.167. The molecule has 5 heteroatoms. The standard InChI is InChI=1S/C12H8Br2ClFS/c1-6-2-3-7(4-9(6)16)11(15)8-5-10(13)17-12(8)14/h2-5,11H,1H3. The fourth-order valence-electron chi connectivity index (χ4n) is 1.47. The third-order valence-electron chi connectivity index (χ3n) is 2.44. The third-order valence-corrected chi connectivity index (χ3v) is 5.32. The molecule has 1 heterocycles. The van der Waals surface area contributed by atoms with Gasteiger partial charge in [-0.05, 0) is 62.0 Å². The number of rotatable bonds is 2. The van der Waals surface area contributed by atoms with Gasteiger partial charge in [-0.25, -0.2) is 4.39 Å². The zero-order chi connectivity index (χ0) is 12.6. The lowest BCUT2D eigenvalue weighted by atomic mass is 10.1. The lowest BCUT2D eigenvalue weighted by molar-refractivity contribution is 0.616. The first-order valence-corrected chi connectivity index (χ1v) is 7.68. The minimum absolute atomic E-state index is 0.224. The van der Waals surface area contributed by atoms with Gasteiger partial charge in [0.2, 0.25) is 0 Å². The van der Waals surface area contributed by atoms with Crippen molar-refractivity contribution in [3.8, 4) is 0 Å². The van der Waals surface area contributed by atoms with Crippen LogP contribution in [-0.4, -0.2) is 0 Å². The number of aryl methyl sites for hydroxylation is 1. The van der Waals surface area contributed by atoms with Gasteiger partial charge < -0.3 is 0 Å². The Morgan fingerprint density at radius 1 is 1.29 bits per heavy atom. The van der Waals surface area contributed by atoms with Gasteiger partial charge in [-0.1, -0.05) is 12.1 Å². The molecule has 17 heavy (non-hydrogen) atoms. The molecule has 2 rings (SSSR count). The molecule has 0 spiro atoms. The lowest BCUT2D eigenvalue weighted by Gasteiger charge is -2.10. The summed E-state index contributed by atoms with van der Waals surface area (Å²) in [5.41, 5.74) is 2.34. The van der Waals surface area contributed by atoms with Crippen LogP contribution in [-0.2, 0) is 0 Å². The molecule has 0 radical (unpaired) electrons. The second-order valence-corrected chi connectivity index (χ2v) is 7.84. The predicted octanol–water partition coefficient (Wildman–Crippen LogP) is 6.05. The van der Waals surface area contributed by atoms with Crippen LogP contribution >= 0.6 is 54.8 Å². The quantitative estimate of drug-likeness (QED) is 0.540. The maximum atomic E-state index is 13.5. The second kappa shape index (κ2) is 5.39. The second-order valence-electron chi connectivity index (χ2n) is 3.65. The molecule has 0 fully saturated rings. The normalized spacial score (nSPS) is 12.8. The first-order chi connectivity index (χ1) is 7.99. The first kappa shape index (κ1) is 13.5. The first-order valence-electron chi connectivity index (χ1n) is 4.84. The molecule has 0 amide bonds. The molecule has 90 valence electrons. The van der Waals surface area contributed by atoms with E-state index < -0.39 is 0 Å². The molecule has 1 unspecified atom stereocenters. The highest BCUT2D eigenvalue weighted by atomic mass is 79.9. The Balaban J connectivity index is 2.40. The van der Waals surface area contributed by atoms with Crippen LogP contribution in [0.5, 0.6) is 0 Å². The van der Waals surface area contributed by atoms with Crippen molar-refractivity contribution in [3.05, 3.63) is 54.3 Å². The highest BCUT2D eigenvalue weighted by Crippen LogP contribution is 2.40. The summed E-state index contributed by atoms with van der Waals surface area (Å²) in [6.07, 6.45) is 0. The maximum Gasteiger partial charge on any atom is 0.126 e. The number of hydrogen-bond donors (Lipinski definition) is 0. The number of hydrogen-bond acceptors (Lipinski definition) is 1. The topological polar surface area (TPSA) is 0 Å². The van der Waals surface area contributed by atoms with Gasteiger partial charge in [-0.15, -0.1) is 22.9 Å². The number of alkyl halides is 1. The summed E-state index contributed by atoms with van der Waals surface area (Å²) < 4.78 is 15.4. The van der Waals surface area contributed by atoms with Gasteiger partial charge in [-0.3, -0.25) is 0 Å². The van der Waals surface area contributed by atoms with Gasteiger partial charge in [0.1, 0.15) is 5.82 Å². The van der Waals surface area contributed by atoms with E-state index in [0.717, 1.165) is 18.7 Å². The van der Waals surface area contributed by atoms with E-state index in [-0.39, 0.29) is 11.2 Å². The summed E-state index contributed by atoms with van der Waals surface area (Å²) in [4.78, 5) is 0. The smallest absolute Gasteiger partial charge is 0.126 e. The van der Waals surface area contributed by atoms with Crippen molar-refractivity contribution in [2.24, 2.45) is 0 Å². The van der Waals surface area contributed by atoms with Crippen molar-refractivity contribution < 1.29 is 4.39 Å². The Labute approximate surface area is 125 Å². The van der Waals surface area contributed by atoms with Crippen LogP contribution in [0.2, 0.25) is 0 Å². The van der Waals surface area contributed by atoms with Gasteiger partial charge in [0.15, 0.2) is 0 Å². The average Bonchev–Trinajstić information content (AvgIpc) is 2.61. The van der Waals surface area contributed by atoms with Crippen molar-refractivity contribution in [1.82, 2.24) is 0 Å². The summed E-state index contributed by atoms with van der Waals surface area (Å²) in [5.74, 6) is -0.224. The van der Waals surface area contributed by atoms with E-state index in [1.807, 2.05) is 12.1 Å². The van der Waals surface area contributed by atoms with E-state index in [9.17, 15) is 4.39 Å². The van der Waals surface area contributed by atoms with Crippen molar-refractivity contribution >= 4 is 54.8 Å². The molecule has 2 aromatic rings. The van der Waals surface area contributed by atoms with E-state index >= 15 is 0 Å². The number of thiophene rings is 1. The molecule has 1 aromatic carbocycles. The summed E-state index contributed by atoms with van der Waals surface area (Å²) >= 11 is 14.8. The molecule has 0 saturated heterocycles. The SMILES string of the molecule is Cc1ccc(C(Cl)c2cc(Br)sc2Br)cc1F. The molecule has 0 nitrogen and oxygen atoms in total. The maximum absolute atomic E-state index is 13.5. The molecule has 0 aliphatic rings. The summed E-state index contributed by atoms with van der Waals surface area (Å²) in [7, 11) is 0. The minimum Gasteiger partial charge on any atom is -0.207 e. The molecule has 0 aliphatic carbocycles. The van der Waals surface area contributed by atoms with Crippen molar-refractivity contribution in [2.75, 3.05) is 0 Å². The number of halogens is 4. The van der Waals surface area contributed by atoms with Crippen LogP contribution in [0.4, 0.5) is 4.39 Å². The van der Waals surface area contributed by atoms with Gasteiger partial charge in [0.05, 0.1) is 12.9 Å². The Morgan fingerprint density at radius 3 is 2.53 bits per heavy atom. The van der Waals surface area contributed by atoms with E-state index in [4.69, 9.17) is 11.6 Å². The van der Waals surface area contributed by atoms with Crippen LogP contribution in [0.15, 0.2) is 31.8 Å². The Hall–Kier alpha value is 0.1000. The van der Waals surface area contributed by atoms with Gasteiger partial charge >= 0.3 is 0 Å². The van der Waals surface area contributed by atoms with Gasteiger partial charge in [0, 0.05) is 5.56 Å². The number of benzene rings is 1. The van der Waals surface area contributed by atoms with E-state index in [1.165, 1.54) is 6.07 Å². The molecule has 0 N–H and O–H groups in total. The molecule has 0 saturated carbocycles.